The molecule has 0 unspecified atom stereocenters. The van der Waals surface area contributed by atoms with Gasteiger partial charge in [-0.15, -0.1) is 0 Å². The molecule has 0 spiro atoms. The Kier molecular flexibility index (Phi) is 48.5. The number of nitrogens with zero attached hydrogens (tertiary/aromatic N) is 2. The Bertz CT molecular complexity index is 1530. The normalized spacial score (nSPS) is 12.2. The summed E-state index contributed by atoms with van der Waals surface area (Å²) >= 11 is 0. The molecule has 0 aromatic heterocycles. The Morgan fingerprint density at radius 2 is 0.543 bits per heavy atom. The van der Waals surface area contributed by atoms with Crippen LogP contribution in [-0.2, 0) is 29.3 Å². The first-order valence-electron chi connectivity index (χ1n) is 30.8. The molecule has 0 aliphatic heterocycles. The van der Waals surface area contributed by atoms with E-state index in [0.29, 0.717) is 0 Å². The van der Waals surface area contributed by atoms with Crippen LogP contribution in [0.15, 0.2) is 82.8 Å². The summed E-state index contributed by atoms with van der Waals surface area (Å²) in [6.07, 6.45) is 69.6. The number of hydrogen-bond acceptors (Lipinski definition) is 2. The van der Waals surface area contributed by atoms with Gasteiger partial charge >= 0.3 is 0 Å². The molecule has 0 saturated carbocycles. The van der Waals surface area contributed by atoms with E-state index >= 15 is 0 Å². The maximum absolute atomic E-state index is 5.60. The van der Waals surface area contributed by atoms with Crippen LogP contribution in [0.3, 0.4) is 0 Å². The van der Waals surface area contributed by atoms with Crippen LogP contribution < -0.4 is 0 Å². The molecule has 0 saturated heterocycles. The van der Waals surface area contributed by atoms with Crippen molar-refractivity contribution >= 4 is 22.8 Å². The second-order valence-corrected chi connectivity index (χ2v) is 21.1. The molecule has 0 aliphatic carbocycles. The van der Waals surface area contributed by atoms with Crippen molar-refractivity contribution in [2.45, 2.75) is 317 Å². The van der Waals surface area contributed by atoms with Crippen molar-refractivity contribution in [1.29, 1.82) is 0 Å². The summed E-state index contributed by atoms with van der Waals surface area (Å²) in [4.78, 5) is 11.2. The van der Waals surface area contributed by atoms with Gasteiger partial charge in [0.15, 0.2) is 0 Å². The Morgan fingerprint density at radius 1 is 0.300 bits per heavy atom. The molecule has 0 atom stereocenters. The van der Waals surface area contributed by atoms with E-state index in [9.17, 15) is 0 Å². The summed E-state index contributed by atoms with van der Waals surface area (Å²) in [6.45, 7) is 9.24. The van der Waals surface area contributed by atoms with E-state index in [-0.39, 0.29) is 16.5 Å². The van der Waals surface area contributed by atoms with Crippen molar-refractivity contribution < 1.29 is 16.5 Å². The fourth-order valence-corrected chi connectivity index (χ4v) is 9.96. The predicted octanol–water partition coefficient (Wildman–Crippen LogP) is 23.6. The first-order valence-corrected chi connectivity index (χ1v) is 30.8. The molecule has 2 aromatic carbocycles. The van der Waals surface area contributed by atoms with Gasteiger partial charge in [0.05, 0.1) is 22.8 Å². The number of benzene rings is 2. The van der Waals surface area contributed by atoms with Gasteiger partial charge in [-0.3, -0.25) is 9.98 Å². The van der Waals surface area contributed by atoms with Crippen LogP contribution in [0.25, 0.3) is 0 Å². The van der Waals surface area contributed by atoms with Gasteiger partial charge in [0.1, 0.15) is 0 Å². The average molecular weight is 1010 g/mol. The second kappa shape index (κ2) is 51.6. The number of unbranched alkanes of at least 4 members (excludes halogenated alkanes) is 35. The van der Waals surface area contributed by atoms with E-state index in [4.69, 9.17) is 9.98 Å². The third-order valence-corrected chi connectivity index (χ3v) is 14.6. The number of allylic oxidation sites excluding steroid dienone is 4. The SMILES string of the molecule is CCCCCCCCCCCCCCCC/C=C/CCc1ccccc1N=C(CCCCC)C(CCCCCCCC)=Nc1ccccc1CC/C=C/CCCCCCCCCCCCCCCC.[Ni]. The summed E-state index contributed by atoms with van der Waals surface area (Å²) in [5.41, 5.74) is 7.49. The smallest absolute Gasteiger partial charge is 0.0665 e. The molecule has 2 rings (SSSR count). The fraction of sp³-hybridized carbons (Fsp3) is 0.731. The monoisotopic (exact) mass is 1000 g/mol. The summed E-state index contributed by atoms with van der Waals surface area (Å²) < 4.78 is 0. The molecular formula is C67H114N2Ni. The quantitative estimate of drug-likeness (QED) is 0.0273. The van der Waals surface area contributed by atoms with Gasteiger partial charge in [0.25, 0.3) is 0 Å². The van der Waals surface area contributed by atoms with Gasteiger partial charge in [0, 0.05) is 16.5 Å². The maximum atomic E-state index is 5.60. The topological polar surface area (TPSA) is 24.7 Å². The molecule has 0 heterocycles. The molecular weight excluding hydrogens is 891 g/mol. The molecule has 0 amide bonds. The third kappa shape index (κ3) is 38.4. The largest absolute Gasteiger partial charge is 0.251 e. The van der Waals surface area contributed by atoms with Crippen LogP contribution in [0.1, 0.15) is 315 Å². The number of rotatable bonds is 50. The van der Waals surface area contributed by atoms with Crippen molar-refractivity contribution in [2.75, 3.05) is 0 Å². The zero-order valence-electron chi connectivity index (χ0n) is 47.0. The zero-order valence-corrected chi connectivity index (χ0v) is 47.9. The van der Waals surface area contributed by atoms with Crippen molar-refractivity contribution in [3.05, 3.63) is 84.0 Å². The molecule has 70 heavy (non-hydrogen) atoms. The minimum Gasteiger partial charge on any atom is -0.251 e. The summed E-state index contributed by atoms with van der Waals surface area (Å²) in [5, 5.41) is 0. The van der Waals surface area contributed by atoms with Gasteiger partial charge in [-0.05, 0) is 100 Å². The Morgan fingerprint density at radius 3 is 0.871 bits per heavy atom. The molecule has 2 aromatic rings. The molecule has 0 radical (unpaired) electrons. The van der Waals surface area contributed by atoms with Gasteiger partial charge in [-0.2, -0.15) is 0 Å². The van der Waals surface area contributed by atoms with Crippen LogP contribution in [-0.4, -0.2) is 11.4 Å². The third-order valence-electron chi connectivity index (χ3n) is 14.6. The number of para-hydroxylation sites is 2. The number of aryl methyl sites for hydroxylation is 2. The molecule has 3 heteroatoms. The van der Waals surface area contributed by atoms with E-state index in [2.05, 4.69) is 101 Å². The van der Waals surface area contributed by atoms with E-state index < -0.39 is 0 Å². The van der Waals surface area contributed by atoms with Crippen molar-refractivity contribution in [1.82, 2.24) is 0 Å². The number of aliphatic imine (C=N–C) groups is 2. The van der Waals surface area contributed by atoms with E-state index in [1.807, 2.05) is 0 Å². The van der Waals surface area contributed by atoms with Gasteiger partial charge in [-0.1, -0.05) is 300 Å². The molecule has 0 fully saturated rings. The summed E-state index contributed by atoms with van der Waals surface area (Å²) in [5.74, 6) is 0. The molecule has 0 N–H and O–H groups in total. The molecule has 0 bridgehead atoms. The number of hydrogen-bond donors (Lipinski definition) is 0. The van der Waals surface area contributed by atoms with Crippen molar-refractivity contribution in [3.8, 4) is 0 Å². The fourth-order valence-electron chi connectivity index (χ4n) is 9.96. The summed E-state index contributed by atoms with van der Waals surface area (Å²) in [7, 11) is 0. The molecule has 0 aliphatic rings. The second-order valence-electron chi connectivity index (χ2n) is 21.1. The van der Waals surface area contributed by atoms with Crippen LogP contribution in [0.2, 0.25) is 0 Å². The van der Waals surface area contributed by atoms with Gasteiger partial charge in [-0.25, -0.2) is 0 Å². The molecule has 402 valence electrons. The Hall–Kier alpha value is -2.25. The Balaban J connectivity index is 0.0000245. The minimum absolute atomic E-state index is 0. The first-order chi connectivity index (χ1) is 34.2. The van der Waals surface area contributed by atoms with E-state index in [1.165, 1.54) is 273 Å². The minimum atomic E-state index is 0. The van der Waals surface area contributed by atoms with Crippen LogP contribution in [0, 0.1) is 0 Å². The summed E-state index contributed by atoms with van der Waals surface area (Å²) in [6, 6.07) is 17.9. The zero-order chi connectivity index (χ0) is 49.2. The molecule has 2 nitrogen and oxygen atoms in total. The van der Waals surface area contributed by atoms with Crippen molar-refractivity contribution in [2.24, 2.45) is 9.98 Å². The van der Waals surface area contributed by atoms with Crippen molar-refractivity contribution in [3.63, 3.8) is 0 Å². The Labute approximate surface area is 447 Å². The average Bonchev–Trinajstić information content (AvgIpc) is 3.36. The standard InChI is InChI=1S/C67H114N2.Ni/c1-5-9-13-16-19-21-23-25-27-29-31-33-35-37-39-41-43-47-54-62-56-50-52-58-64(62)68-66(60-46-12-8-4)67(61-49-45-18-15-11-7-3)69-65-59-53-51-57-63(65)55-48-44-42-40-38-36-34-32-30-28-26-24-22-20-17-14-10-6-2;/h41-44,50-53,56-59H,5-40,45-49,54-55,60-61H2,1-4H3;/b43-41+,44-42+,68-66?,69-67?;. The van der Waals surface area contributed by atoms with Crippen LogP contribution in [0.4, 0.5) is 11.4 Å². The predicted molar refractivity (Wildman–Crippen MR) is 314 cm³/mol. The van der Waals surface area contributed by atoms with Gasteiger partial charge in [0.2, 0.25) is 0 Å². The first kappa shape index (κ1) is 65.8. The van der Waals surface area contributed by atoms with Crippen LogP contribution in [0.5, 0.6) is 0 Å². The van der Waals surface area contributed by atoms with Crippen LogP contribution >= 0.6 is 0 Å². The van der Waals surface area contributed by atoms with E-state index in [0.717, 1.165) is 49.9 Å². The van der Waals surface area contributed by atoms with E-state index in [1.54, 1.807) is 0 Å². The maximum Gasteiger partial charge on any atom is 0.0665 e. The van der Waals surface area contributed by atoms with Gasteiger partial charge < -0.3 is 0 Å².